The number of halogens is 2. The van der Waals surface area contributed by atoms with Crippen molar-refractivity contribution in [2.75, 3.05) is 0 Å². The minimum Gasteiger partial charge on any atom is -0.390 e. The third kappa shape index (κ3) is 3.94. The second-order valence-corrected chi connectivity index (χ2v) is 5.10. The van der Waals surface area contributed by atoms with Gasteiger partial charge in [-0.3, -0.25) is 0 Å². The first-order valence-corrected chi connectivity index (χ1v) is 6.65. The van der Waals surface area contributed by atoms with Crippen molar-refractivity contribution in [2.24, 2.45) is 0 Å². The molecule has 0 radical (unpaired) electrons. The average molecular weight is 275 g/mol. The molecule has 3 atom stereocenters. The van der Waals surface area contributed by atoms with Gasteiger partial charge in [0.1, 0.15) is 5.82 Å². The lowest BCUT2D eigenvalue weighted by Crippen LogP contribution is -2.27. The van der Waals surface area contributed by atoms with E-state index in [4.69, 9.17) is 11.6 Å². The largest absolute Gasteiger partial charge is 0.390 e. The summed E-state index contributed by atoms with van der Waals surface area (Å²) < 4.78 is 13.7. The Morgan fingerprint density at radius 2 is 1.94 bits per heavy atom. The van der Waals surface area contributed by atoms with Crippen LogP contribution in [-0.4, -0.2) is 22.4 Å². The van der Waals surface area contributed by atoms with Crippen molar-refractivity contribution in [1.29, 1.82) is 0 Å². The molecule has 0 saturated carbocycles. The zero-order valence-electron chi connectivity index (χ0n) is 10.7. The predicted molar refractivity (Wildman–Crippen MR) is 71.4 cm³/mol. The highest BCUT2D eigenvalue weighted by atomic mass is 35.5. The van der Waals surface area contributed by atoms with Crippen LogP contribution in [0.2, 0.25) is 5.02 Å². The Morgan fingerprint density at radius 3 is 2.50 bits per heavy atom. The van der Waals surface area contributed by atoms with Crippen molar-refractivity contribution in [2.45, 2.75) is 51.2 Å². The minimum absolute atomic E-state index is 0.236. The molecule has 4 heteroatoms. The van der Waals surface area contributed by atoms with Crippen LogP contribution in [-0.2, 0) is 0 Å². The van der Waals surface area contributed by atoms with E-state index in [2.05, 4.69) is 0 Å². The maximum atomic E-state index is 13.7. The molecule has 0 spiro atoms. The summed E-state index contributed by atoms with van der Waals surface area (Å²) in [6.07, 6.45) is 0.0203. The molecule has 0 aromatic heterocycles. The molecular weight excluding hydrogens is 255 g/mol. The van der Waals surface area contributed by atoms with Gasteiger partial charge in [-0.05, 0) is 30.9 Å². The topological polar surface area (TPSA) is 40.5 Å². The van der Waals surface area contributed by atoms with E-state index in [1.807, 2.05) is 6.92 Å². The monoisotopic (exact) mass is 274 g/mol. The van der Waals surface area contributed by atoms with Crippen LogP contribution in [0.15, 0.2) is 18.2 Å². The third-order valence-corrected chi connectivity index (χ3v) is 3.45. The molecule has 0 heterocycles. The lowest BCUT2D eigenvalue weighted by molar-refractivity contribution is 0.00623. The number of rotatable bonds is 6. The first-order chi connectivity index (χ1) is 8.47. The van der Waals surface area contributed by atoms with Gasteiger partial charge in [-0.2, -0.15) is 0 Å². The lowest BCUT2D eigenvalue weighted by Gasteiger charge is -2.22. The quantitative estimate of drug-likeness (QED) is 0.834. The zero-order valence-corrected chi connectivity index (χ0v) is 11.5. The van der Waals surface area contributed by atoms with Crippen LogP contribution in [0.5, 0.6) is 0 Å². The molecule has 18 heavy (non-hydrogen) atoms. The molecule has 0 aliphatic heterocycles. The normalized spacial score (nSPS) is 16.3. The maximum Gasteiger partial charge on any atom is 0.128 e. The van der Waals surface area contributed by atoms with Gasteiger partial charge in [0.2, 0.25) is 0 Å². The molecule has 2 nitrogen and oxygen atoms in total. The Kier molecular flexibility index (Phi) is 6.06. The molecule has 0 fully saturated rings. The average Bonchev–Trinajstić information content (AvgIpc) is 2.28. The number of aliphatic hydroxyl groups excluding tert-OH is 2. The van der Waals surface area contributed by atoms with Gasteiger partial charge in [0.05, 0.1) is 12.2 Å². The Morgan fingerprint density at radius 1 is 1.28 bits per heavy atom. The Hall–Kier alpha value is -0.640. The van der Waals surface area contributed by atoms with Gasteiger partial charge in [-0.25, -0.2) is 4.39 Å². The molecular formula is C14H20ClFO2. The fourth-order valence-electron chi connectivity index (χ4n) is 2.11. The fourth-order valence-corrected chi connectivity index (χ4v) is 2.46. The second kappa shape index (κ2) is 7.07. The fraction of sp³-hybridized carbons (Fsp3) is 0.571. The van der Waals surface area contributed by atoms with Crippen molar-refractivity contribution in [3.8, 4) is 0 Å². The highest BCUT2D eigenvalue weighted by molar-refractivity contribution is 6.31. The summed E-state index contributed by atoms with van der Waals surface area (Å²) in [4.78, 5) is 0. The molecule has 3 unspecified atom stereocenters. The van der Waals surface area contributed by atoms with Crippen molar-refractivity contribution < 1.29 is 14.6 Å². The van der Waals surface area contributed by atoms with Gasteiger partial charge in [-0.15, -0.1) is 0 Å². The number of hydrogen-bond donors (Lipinski definition) is 2. The van der Waals surface area contributed by atoms with Gasteiger partial charge in [-0.1, -0.05) is 37.9 Å². The van der Waals surface area contributed by atoms with Crippen LogP contribution < -0.4 is 0 Å². The molecule has 2 N–H and O–H groups in total. The van der Waals surface area contributed by atoms with E-state index in [9.17, 15) is 14.6 Å². The molecule has 1 aromatic carbocycles. The van der Waals surface area contributed by atoms with Crippen molar-refractivity contribution in [3.63, 3.8) is 0 Å². The highest BCUT2D eigenvalue weighted by Gasteiger charge is 2.22. The Bertz CT molecular complexity index is 364. The Labute approximate surface area is 112 Å². The van der Waals surface area contributed by atoms with Gasteiger partial charge in [0, 0.05) is 10.6 Å². The first-order valence-electron chi connectivity index (χ1n) is 6.27. The van der Waals surface area contributed by atoms with Crippen molar-refractivity contribution in [1.82, 2.24) is 0 Å². The number of hydrogen-bond acceptors (Lipinski definition) is 2. The van der Waals surface area contributed by atoms with Crippen LogP contribution in [0, 0.1) is 5.82 Å². The summed E-state index contributed by atoms with van der Waals surface area (Å²) in [6.45, 7) is 3.74. The van der Waals surface area contributed by atoms with Crippen molar-refractivity contribution in [3.05, 3.63) is 34.6 Å². The predicted octanol–water partition coefficient (Wildman–Crippen LogP) is 3.49. The maximum absolute atomic E-state index is 13.7. The minimum atomic E-state index is -0.851. The summed E-state index contributed by atoms with van der Waals surface area (Å²) in [5, 5.41) is 19.9. The van der Waals surface area contributed by atoms with E-state index >= 15 is 0 Å². The van der Waals surface area contributed by atoms with E-state index < -0.39 is 12.2 Å². The SMILES string of the molecule is CCCC(O)C(O)CC(C)c1c(F)cccc1Cl. The second-order valence-electron chi connectivity index (χ2n) is 4.70. The van der Waals surface area contributed by atoms with Gasteiger partial charge >= 0.3 is 0 Å². The molecule has 102 valence electrons. The number of benzene rings is 1. The van der Waals surface area contributed by atoms with Gasteiger partial charge < -0.3 is 10.2 Å². The van der Waals surface area contributed by atoms with Gasteiger partial charge in [0.15, 0.2) is 0 Å². The van der Waals surface area contributed by atoms with E-state index in [-0.39, 0.29) is 11.7 Å². The summed E-state index contributed by atoms with van der Waals surface area (Å²) in [7, 11) is 0. The van der Waals surface area contributed by atoms with Crippen LogP contribution in [0.25, 0.3) is 0 Å². The summed E-state index contributed by atoms with van der Waals surface area (Å²) in [6, 6.07) is 4.54. The molecule has 0 aliphatic carbocycles. The summed E-state index contributed by atoms with van der Waals surface area (Å²) in [5.74, 6) is -0.604. The summed E-state index contributed by atoms with van der Waals surface area (Å²) in [5.41, 5.74) is 0.405. The van der Waals surface area contributed by atoms with Crippen molar-refractivity contribution >= 4 is 11.6 Å². The van der Waals surface area contributed by atoms with Crippen LogP contribution >= 0.6 is 11.6 Å². The van der Waals surface area contributed by atoms with E-state index in [0.29, 0.717) is 23.4 Å². The molecule has 0 saturated heterocycles. The molecule has 0 bridgehead atoms. The van der Waals surface area contributed by atoms with E-state index in [1.165, 1.54) is 6.07 Å². The Balaban J connectivity index is 2.73. The third-order valence-electron chi connectivity index (χ3n) is 3.12. The lowest BCUT2D eigenvalue weighted by atomic mass is 9.91. The van der Waals surface area contributed by atoms with E-state index in [1.54, 1.807) is 19.1 Å². The molecule has 1 aromatic rings. The molecule has 1 rings (SSSR count). The van der Waals surface area contributed by atoms with Crippen LogP contribution in [0.1, 0.15) is 44.6 Å². The summed E-state index contributed by atoms with van der Waals surface area (Å²) >= 11 is 5.96. The smallest absolute Gasteiger partial charge is 0.128 e. The molecule has 0 aliphatic rings. The van der Waals surface area contributed by atoms with E-state index in [0.717, 1.165) is 6.42 Å². The van der Waals surface area contributed by atoms with Gasteiger partial charge in [0.25, 0.3) is 0 Å². The highest BCUT2D eigenvalue weighted by Crippen LogP contribution is 2.30. The number of aliphatic hydroxyl groups is 2. The molecule has 0 amide bonds. The standard InChI is InChI=1S/C14H20ClFO2/c1-3-5-12(17)13(18)8-9(2)14-10(15)6-4-7-11(14)16/h4,6-7,9,12-13,17-18H,3,5,8H2,1-2H3. The first kappa shape index (κ1) is 15.4. The van der Waals surface area contributed by atoms with Crippen LogP contribution in [0.4, 0.5) is 4.39 Å². The van der Waals surface area contributed by atoms with Crippen LogP contribution in [0.3, 0.4) is 0 Å². The zero-order chi connectivity index (χ0) is 13.7.